The van der Waals surface area contributed by atoms with E-state index in [0.717, 1.165) is 6.20 Å². The van der Waals surface area contributed by atoms with Gasteiger partial charge in [-0.05, 0) is 23.6 Å². The van der Waals surface area contributed by atoms with E-state index in [1.54, 1.807) is 11.4 Å². The Balaban J connectivity index is 2.06. The van der Waals surface area contributed by atoms with Crippen LogP contribution in [0.25, 0.3) is 10.2 Å². The molecule has 0 spiro atoms. The third-order valence-electron chi connectivity index (χ3n) is 2.57. The highest BCUT2D eigenvalue weighted by atomic mass is 32.1. The normalized spacial score (nSPS) is 11.8. The Labute approximate surface area is 115 Å². The second-order valence-corrected chi connectivity index (χ2v) is 4.80. The number of aromatic nitrogens is 3. The fraction of sp³-hybridized carbons (Fsp3) is 0.0833. The van der Waals surface area contributed by atoms with Gasteiger partial charge in [-0.15, -0.1) is 11.3 Å². The summed E-state index contributed by atoms with van der Waals surface area (Å²) in [7, 11) is 0. The Morgan fingerprint density at radius 1 is 1.10 bits per heavy atom. The maximum Gasteiger partial charge on any atom is 0.435 e. The number of thiophene rings is 1. The fourth-order valence-corrected chi connectivity index (χ4v) is 2.53. The summed E-state index contributed by atoms with van der Waals surface area (Å²) in [5.41, 5.74) is -0.415. The third-order valence-corrected chi connectivity index (χ3v) is 3.48. The molecule has 0 aromatic carbocycles. The van der Waals surface area contributed by atoms with Crippen molar-refractivity contribution in [3.05, 3.63) is 41.8 Å². The maximum absolute atomic E-state index is 12.9. The molecule has 0 amide bonds. The van der Waals surface area contributed by atoms with E-state index in [-0.39, 0.29) is 5.69 Å². The lowest BCUT2D eigenvalue weighted by molar-refractivity contribution is -0.140. The van der Waals surface area contributed by atoms with Gasteiger partial charge in [-0.3, -0.25) is 0 Å². The van der Waals surface area contributed by atoms with Crippen LogP contribution in [-0.4, -0.2) is 15.0 Å². The van der Waals surface area contributed by atoms with E-state index in [1.807, 2.05) is 0 Å². The van der Waals surface area contributed by atoms with Gasteiger partial charge in [0.05, 0.1) is 15.9 Å². The first-order chi connectivity index (χ1) is 9.55. The first-order valence-electron chi connectivity index (χ1n) is 5.53. The molecule has 3 aromatic rings. The fourth-order valence-electron chi connectivity index (χ4n) is 1.74. The van der Waals surface area contributed by atoms with Crippen LogP contribution < -0.4 is 5.32 Å². The molecule has 0 saturated carbocycles. The third kappa shape index (κ3) is 2.29. The van der Waals surface area contributed by atoms with Gasteiger partial charge >= 0.3 is 6.18 Å². The summed E-state index contributed by atoms with van der Waals surface area (Å²) in [6.07, 6.45) is -2.11. The molecular formula is C12H7F3N4S. The number of anilines is 2. The molecule has 3 heterocycles. The van der Waals surface area contributed by atoms with Crippen molar-refractivity contribution >= 4 is 33.1 Å². The molecule has 0 atom stereocenters. The second kappa shape index (κ2) is 4.71. The lowest BCUT2D eigenvalue weighted by atomic mass is 10.3. The Kier molecular flexibility index (Phi) is 3.01. The predicted molar refractivity (Wildman–Crippen MR) is 69.9 cm³/mol. The average Bonchev–Trinajstić information content (AvgIpc) is 2.87. The molecule has 0 saturated heterocycles. The minimum atomic E-state index is -4.52. The summed E-state index contributed by atoms with van der Waals surface area (Å²) in [6, 6.07) is 4.53. The Morgan fingerprint density at radius 2 is 1.95 bits per heavy atom. The number of alkyl halides is 3. The van der Waals surface area contributed by atoms with E-state index in [2.05, 4.69) is 20.3 Å². The number of hydrogen-bond donors (Lipinski definition) is 1. The largest absolute Gasteiger partial charge is 0.435 e. The summed E-state index contributed by atoms with van der Waals surface area (Å²) in [5.74, 6) is 0.337. The minimum absolute atomic E-state index is 0.131. The van der Waals surface area contributed by atoms with Crippen molar-refractivity contribution in [2.45, 2.75) is 6.18 Å². The molecule has 20 heavy (non-hydrogen) atoms. The van der Waals surface area contributed by atoms with Crippen LogP contribution in [0, 0.1) is 0 Å². The van der Waals surface area contributed by atoms with Gasteiger partial charge in [-0.25, -0.2) is 15.0 Å². The summed E-state index contributed by atoms with van der Waals surface area (Å²) in [4.78, 5) is 11.4. The van der Waals surface area contributed by atoms with Crippen LogP contribution in [0.2, 0.25) is 0 Å². The van der Waals surface area contributed by atoms with Crippen molar-refractivity contribution in [1.82, 2.24) is 15.0 Å². The van der Waals surface area contributed by atoms with Crippen LogP contribution >= 0.6 is 11.3 Å². The number of fused-ring (bicyclic) bond motifs is 1. The molecule has 8 heteroatoms. The van der Waals surface area contributed by atoms with Crippen molar-refractivity contribution in [2.24, 2.45) is 0 Å². The molecule has 3 rings (SSSR count). The Hall–Kier alpha value is -2.22. The highest BCUT2D eigenvalue weighted by Crippen LogP contribution is 2.35. The van der Waals surface area contributed by atoms with Gasteiger partial charge in [0.25, 0.3) is 0 Å². The van der Waals surface area contributed by atoms with E-state index in [1.165, 1.54) is 29.8 Å². The van der Waals surface area contributed by atoms with Gasteiger partial charge in [-0.1, -0.05) is 0 Å². The Morgan fingerprint density at radius 3 is 2.75 bits per heavy atom. The lowest BCUT2D eigenvalue weighted by Gasteiger charge is -2.12. The quantitative estimate of drug-likeness (QED) is 0.780. The van der Waals surface area contributed by atoms with E-state index in [4.69, 9.17) is 0 Å². The number of halogens is 3. The molecule has 0 bridgehead atoms. The molecule has 0 unspecified atom stereocenters. The van der Waals surface area contributed by atoms with Gasteiger partial charge in [0.15, 0.2) is 11.5 Å². The standard InChI is InChI=1S/C12H7F3N4S/c13-12(14,15)10-8(2-1-4-16-10)19-11-9-7(3-5-20-9)17-6-18-11/h1-6H,(H,17,18,19). The summed E-state index contributed by atoms with van der Waals surface area (Å²) < 4.78 is 39.3. The molecule has 102 valence electrons. The zero-order chi connectivity index (χ0) is 14.2. The smallest absolute Gasteiger partial charge is 0.337 e. The predicted octanol–water partition coefficient (Wildman–Crippen LogP) is 3.85. The molecule has 1 N–H and O–H groups in total. The van der Waals surface area contributed by atoms with Crippen LogP contribution in [0.5, 0.6) is 0 Å². The van der Waals surface area contributed by atoms with Crippen molar-refractivity contribution < 1.29 is 13.2 Å². The van der Waals surface area contributed by atoms with Crippen molar-refractivity contribution in [3.63, 3.8) is 0 Å². The summed E-state index contributed by atoms with van der Waals surface area (Å²) in [5, 5.41) is 4.49. The molecular weight excluding hydrogens is 289 g/mol. The van der Waals surface area contributed by atoms with Crippen LogP contribution in [0.3, 0.4) is 0 Å². The van der Waals surface area contributed by atoms with Crippen LogP contribution in [0.4, 0.5) is 24.7 Å². The molecule has 0 aliphatic heterocycles. The number of nitrogens with one attached hydrogen (secondary N) is 1. The first kappa shape index (κ1) is 12.8. The van der Waals surface area contributed by atoms with Crippen molar-refractivity contribution in [3.8, 4) is 0 Å². The SMILES string of the molecule is FC(F)(F)c1ncccc1Nc1ncnc2ccsc12. The summed E-state index contributed by atoms with van der Waals surface area (Å²) in [6.45, 7) is 0. The number of hydrogen-bond acceptors (Lipinski definition) is 5. The van der Waals surface area contributed by atoms with Gasteiger partial charge in [0.2, 0.25) is 0 Å². The molecule has 0 fully saturated rings. The summed E-state index contributed by atoms with van der Waals surface area (Å²) >= 11 is 1.36. The van der Waals surface area contributed by atoms with Gasteiger partial charge in [0.1, 0.15) is 6.33 Å². The molecule has 0 radical (unpaired) electrons. The second-order valence-electron chi connectivity index (χ2n) is 3.88. The average molecular weight is 296 g/mol. The highest BCUT2D eigenvalue weighted by Gasteiger charge is 2.35. The Bertz CT molecular complexity index is 754. The number of pyridine rings is 1. The topological polar surface area (TPSA) is 50.7 Å². The monoisotopic (exact) mass is 296 g/mol. The molecule has 0 aliphatic carbocycles. The van der Waals surface area contributed by atoms with Crippen LogP contribution in [0.15, 0.2) is 36.1 Å². The van der Waals surface area contributed by atoms with Gasteiger partial charge < -0.3 is 5.32 Å². The van der Waals surface area contributed by atoms with Crippen LogP contribution in [-0.2, 0) is 6.18 Å². The maximum atomic E-state index is 12.9. The van der Waals surface area contributed by atoms with E-state index < -0.39 is 11.9 Å². The van der Waals surface area contributed by atoms with E-state index in [0.29, 0.717) is 16.0 Å². The van der Waals surface area contributed by atoms with Gasteiger partial charge in [-0.2, -0.15) is 13.2 Å². The molecule has 4 nitrogen and oxygen atoms in total. The van der Waals surface area contributed by atoms with Crippen molar-refractivity contribution in [1.29, 1.82) is 0 Å². The van der Waals surface area contributed by atoms with E-state index >= 15 is 0 Å². The zero-order valence-corrected chi connectivity index (χ0v) is 10.7. The van der Waals surface area contributed by atoms with Crippen molar-refractivity contribution in [2.75, 3.05) is 5.32 Å². The molecule has 0 aliphatic rings. The zero-order valence-electron chi connectivity index (χ0n) is 9.85. The van der Waals surface area contributed by atoms with E-state index in [9.17, 15) is 13.2 Å². The lowest BCUT2D eigenvalue weighted by Crippen LogP contribution is -2.11. The van der Waals surface area contributed by atoms with Crippen LogP contribution in [0.1, 0.15) is 5.69 Å². The first-order valence-corrected chi connectivity index (χ1v) is 6.41. The number of rotatable bonds is 2. The highest BCUT2D eigenvalue weighted by molar-refractivity contribution is 7.17. The minimum Gasteiger partial charge on any atom is -0.337 e. The molecule has 3 aromatic heterocycles. The van der Waals surface area contributed by atoms with Gasteiger partial charge in [0, 0.05) is 6.20 Å². The number of nitrogens with zero attached hydrogens (tertiary/aromatic N) is 3.